The zero-order valence-electron chi connectivity index (χ0n) is 16.5. The SMILES string of the molecule is O=C(NCCC1CCN(C(=O)Nc2ccccc2F)CC1)c1ccc2nc[nH]c2c1. The predicted molar refractivity (Wildman–Crippen MR) is 113 cm³/mol. The molecule has 0 aliphatic carbocycles. The molecule has 1 fully saturated rings. The van der Waals surface area contributed by atoms with Crippen molar-refractivity contribution >= 4 is 28.7 Å². The van der Waals surface area contributed by atoms with Gasteiger partial charge in [-0.15, -0.1) is 0 Å². The van der Waals surface area contributed by atoms with E-state index in [1.54, 1.807) is 41.6 Å². The number of para-hydroxylation sites is 1. The van der Waals surface area contributed by atoms with Gasteiger partial charge in [0.1, 0.15) is 5.82 Å². The molecule has 0 radical (unpaired) electrons. The van der Waals surface area contributed by atoms with Crippen molar-refractivity contribution in [1.82, 2.24) is 20.2 Å². The van der Waals surface area contributed by atoms with Crippen LogP contribution >= 0.6 is 0 Å². The van der Waals surface area contributed by atoms with E-state index in [-0.39, 0.29) is 17.6 Å². The van der Waals surface area contributed by atoms with Crippen molar-refractivity contribution in [1.29, 1.82) is 0 Å². The van der Waals surface area contributed by atoms with E-state index in [9.17, 15) is 14.0 Å². The van der Waals surface area contributed by atoms with Gasteiger partial charge in [0.05, 0.1) is 23.0 Å². The number of piperidine rings is 1. The Morgan fingerprint density at radius 1 is 1.17 bits per heavy atom. The minimum Gasteiger partial charge on any atom is -0.352 e. The van der Waals surface area contributed by atoms with Crippen LogP contribution in [-0.4, -0.2) is 46.4 Å². The van der Waals surface area contributed by atoms with Gasteiger partial charge in [0.2, 0.25) is 0 Å². The smallest absolute Gasteiger partial charge is 0.321 e. The molecule has 0 saturated carbocycles. The lowest BCUT2D eigenvalue weighted by molar-refractivity contribution is 0.0949. The van der Waals surface area contributed by atoms with E-state index >= 15 is 0 Å². The molecule has 156 valence electrons. The van der Waals surface area contributed by atoms with Crippen molar-refractivity contribution in [2.75, 3.05) is 25.0 Å². The maximum Gasteiger partial charge on any atom is 0.321 e. The number of likely N-dealkylation sites (tertiary alicyclic amines) is 1. The summed E-state index contributed by atoms with van der Waals surface area (Å²) in [6.07, 6.45) is 4.19. The number of imidazole rings is 1. The molecule has 0 spiro atoms. The van der Waals surface area contributed by atoms with Crippen molar-refractivity contribution in [3.8, 4) is 0 Å². The number of carbonyl (C=O) groups excluding carboxylic acids is 2. The molecule has 1 aliphatic rings. The number of nitrogens with zero attached hydrogens (tertiary/aromatic N) is 2. The number of aromatic nitrogens is 2. The van der Waals surface area contributed by atoms with Crippen LogP contribution in [0.3, 0.4) is 0 Å². The standard InChI is InChI=1S/C22H24FN5O2/c23-17-3-1-2-4-18(17)27-22(30)28-11-8-15(9-12-28)7-10-24-21(29)16-5-6-19-20(13-16)26-14-25-19/h1-6,13-15H,7-12H2,(H,24,29)(H,25,26)(H,27,30). The number of halogens is 1. The van der Waals surface area contributed by atoms with Gasteiger partial charge in [0, 0.05) is 25.2 Å². The van der Waals surface area contributed by atoms with Gasteiger partial charge in [-0.25, -0.2) is 14.2 Å². The largest absolute Gasteiger partial charge is 0.352 e. The molecule has 3 amide bonds. The summed E-state index contributed by atoms with van der Waals surface area (Å²) in [5.41, 5.74) is 2.47. The molecule has 0 atom stereocenters. The second-order valence-corrected chi connectivity index (χ2v) is 7.52. The number of urea groups is 1. The third kappa shape index (κ3) is 4.59. The summed E-state index contributed by atoms with van der Waals surface area (Å²) >= 11 is 0. The number of fused-ring (bicyclic) bond motifs is 1. The lowest BCUT2D eigenvalue weighted by atomic mass is 9.93. The van der Waals surface area contributed by atoms with E-state index in [2.05, 4.69) is 20.6 Å². The van der Waals surface area contributed by atoms with Crippen molar-refractivity contribution < 1.29 is 14.0 Å². The highest BCUT2D eigenvalue weighted by Gasteiger charge is 2.23. The van der Waals surface area contributed by atoms with Gasteiger partial charge in [0.25, 0.3) is 5.91 Å². The molecule has 7 nitrogen and oxygen atoms in total. The van der Waals surface area contributed by atoms with Crippen molar-refractivity contribution in [3.63, 3.8) is 0 Å². The van der Waals surface area contributed by atoms with Crippen LogP contribution < -0.4 is 10.6 Å². The molecule has 1 aliphatic heterocycles. The first-order chi connectivity index (χ1) is 14.6. The summed E-state index contributed by atoms with van der Waals surface area (Å²) in [6, 6.07) is 11.3. The summed E-state index contributed by atoms with van der Waals surface area (Å²) in [7, 11) is 0. The zero-order valence-corrected chi connectivity index (χ0v) is 16.5. The summed E-state index contributed by atoms with van der Waals surface area (Å²) in [5, 5.41) is 5.60. The fraction of sp³-hybridized carbons (Fsp3) is 0.318. The van der Waals surface area contributed by atoms with Crippen LogP contribution in [0.4, 0.5) is 14.9 Å². The number of benzene rings is 2. The first kappa shape index (κ1) is 19.9. The molecule has 3 aromatic rings. The predicted octanol–water partition coefficient (Wildman–Crippen LogP) is 3.77. The first-order valence-corrected chi connectivity index (χ1v) is 10.1. The average Bonchev–Trinajstić information content (AvgIpc) is 3.23. The van der Waals surface area contributed by atoms with Crippen molar-refractivity contribution in [2.24, 2.45) is 5.92 Å². The number of amides is 3. The second-order valence-electron chi connectivity index (χ2n) is 7.52. The average molecular weight is 409 g/mol. The molecule has 8 heteroatoms. The number of anilines is 1. The van der Waals surface area contributed by atoms with E-state index in [1.807, 2.05) is 6.07 Å². The third-order valence-corrected chi connectivity index (χ3v) is 5.54. The number of hydrogen-bond donors (Lipinski definition) is 3. The van der Waals surface area contributed by atoms with Gasteiger partial charge < -0.3 is 20.5 Å². The molecule has 2 aromatic carbocycles. The molecule has 1 aromatic heterocycles. The Morgan fingerprint density at radius 2 is 1.97 bits per heavy atom. The molecular formula is C22H24FN5O2. The number of carbonyl (C=O) groups is 2. The molecule has 2 heterocycles. The number of rotatable bonds is 5. The van der Waals surface area contributed by atoms with Crippen molar-refractivity contribution in [3.05, 3.63) is 60.2 Å². The highest BCUT2D eigenvalue weighted by molar-refractivity contribution is 5.97. The Hall–Kier alpha value is -3.42. The van der Waals surface area contributed by atoms with E-state index in [4.69, 9.17) is 0 Å². The second kappa shape index (κ2) is 8.94. The lowest BCUT2D eigenvalue weighted by Gasteiger charge is -2.32. The third-order valence-electron chi connectivity index (χ3n) is 5.54. The maximum absolute atomic E-state index is 13.7. The van der Waals surface area contributed by atoms with E-state index < -0.39 is 5.82 Å². The lowest BCUT2D eigenvalue weighted by Crippen LogP contribution is -2.41. The summed E-state index contributed by atoms with van der Waals surface area (Å²) in [5.74, 6) is -0.103. The summed E-state index contributed by atoms with van der Waals surface area (Å²) in [4.78, 5) is 33.6. The highest BCUT2D eigenvalue weighted by Crippen LogP contribution is 2.21. The van der Waals surface area contributed by atoms with Crippen LogP contribution in [0, 0.1) is 11.7 Å². The molecule has 4 rings (SSSR count). The molecular weight excluding hydrogens is 385 g/mol. The summed E-state index contributed by atoms with van der Waals surface area (Å²) < 4.78 is 13.7. The topological polar surface area (TPSA) is 90.1 Å². The monoisotopic (exact) mass is 409 g/mol. The van der Waals surface area contributed by atoms with Crippen LogP contribution in [0.1, 0.15) is 29.6 Å². The zero-order chi connectivity index (χ0) is 20.9. The quantitative estimate of drug-likeness (QED) is 0.599. The van der Waals surface area contributed by atoms with Gasteiger partial charge in [-0.3, -0.25) is 4.79 Å². The number of hydrogen-bond acceptors (Lipinski definition) is 3. The minimum absolute atomic E-state index is 0.104. The van der Waals surface area contributed by atoms with Gasteiger partial charge >= 0.3 is 6.03 Å². The Labute approximate surface area is 173 Å². The van der Waals surface area contributed by atoms with Gasteiger partial charge in [-0.05, 0) is 55.5 Å². The first-order valence-electron chi connectivity index (χ1n) is 10.1. The van der Waals surface area contributed by atoms with Crippen molar-refractivity contribution in [2.45, 2.75) is 19.3 Å². The highest BCUT2D eigenvalue weighted by atomic mass is 19.1. The molecule has 30 heavy (non-hydrogen) atoms. The minimum atomic E-state index is -0.442. The number of nitrogens with one attached hydrogen (secondary N) is 3. The molecule has 0 bridgehead atoms. The van der Waals surface area contributed by atoms with Crippen LogP contribution in [-0.2, 0) is 0 Å². The fourth-order valence-corrected chi connectivity index (χ4v) is 3.75. The Balaban J connectivity index is 1.20. The van der Waals surface area contributed by atoms with Gasteiger partial charge in [-0.2, -0.15) is 0 Å². The van der Waals surface area contributed by atoms with Gasteiger partial charge in [0.15, 0.2) is 0 Å². The molecule has 0 unspecified atom stereocenters. The van der Waals surface area contributed by atoms with Crippen LogP contribution in [0.5, 0.6) is 0 Å². The Bertz CT molecular complexity index is 1040. The molecule has 1 saturated heterocycles. The van der Waals surface area contributed by atoms with E-state index in [0.29, 0.717) is 31.1 Å². The van der Waals surface area contributed by atoms with Crippen LogP contribution in [0.2, 0.25) is 0 Å². The fourth-order valence-electron chi connectivity index (χ4n) is 3.75. The Kier molecular flexibility index (Phi) is 5.92. The van der Waals surface area contributed by atoms with E-state index in [1.165, 1.54) is 6.07 Å². The van der Waals surface area contributed by atoms with Crippen LogP contribution in [0.15, 0.2) is 48.8 Å². The van der Waals surface area contributed by atoms with Gasteiger partial charge in [-0.1, -0.05) is 12.1 Å². The Morgan fingerprint density at radius 3 is 2.77 bits per heavy atom. The number of aromatic amines is 1. The maximum atomic E-state index is 13.7. The normalized spacial score (nSPS) is 14.6. The molecule has 3 N–H and O–H groups in total. The van der Waals surface area contributed by atoms with E-state index in [0.717, 1.165) is 30.3 Å². The van der Waals surface area contributed by atoms with Crippen LogP contribution in [0.25, 0.3) is 11.0 Å². The number of H-pyrrole nitrogens is 1. The summed E-state index contributed by atoms with van der Waals surface area (Å²) in [6.45, 7) is 1.83.